The van der Waals surface area contributed by atoms with Crippen molar-refractivity contribution in [2.45, 2.75) is 18.6 Å². The highest BCUT2D eigenvalue weighted by Crippen LogP contribution is 2.63. The summed E-state index contributed by atoms with van der Waals surface area (Å²) in [6.45, 7) is 0.532. The van der Waals surface area contributed by atoms with Crippen LogP contribution in [0.4, 0.5) is 0 Å². The molecule has 0 saturated heterocycles. The van der Waals surface area contributed by atoms with Gasteiger partial charge in [0.15, 0.2) is 6.29 Å². The molecule has 0 amide bonds. The summed E-state index contributed by atoms with van der Waals surface area (Å²) in [5, 5.41) is 9.86. The Bertz CT molecular complexity index is 385. The smallest absolute Gasteiger partial charge is 0.164 e. The van der Waals surface area contributed by atoms with E-state index in [4.69, 9.17) is 4.74 Å². The minimum Gasteiger partial charge on any atom is -0.367 e. The standard InChI is InChI=1S/C13H14O2/c14-12-13(7-4-8-15-12)9-11(13)10-5-2-1-3-6-10/h1-7,11-12,14H,8-9H2/t11-,12+,13+/m1/s1. The van der Waals surface area contributed by atoms with Crippen LogP contribution in [0.15, 0.2) is 42.5 Å². The van der Waals surface area contributed by atoms with Crippen LogP contribution >= 0.6 is 0 Å². The van der Waals surface area contributed by atoms with Crippen molar-refractivity contribution in [3.05, 3.63) is 48.0 Å². The van der Waals surface area contributed by atoms with Crippen LogP contribution in [0.2, 0.25) is 0 Å². The molecule has 3 atom stereocenters. The molecule has 0 aromatic heterocycles. The van der Waals surface area contributed by atoms with Gasteiger partial charge in [0, 0.05) is 5.41 Å². The molecule has 1 saturated carbocycles. The van der Waals surface area contributed by atoms with E-state index in [9.17, 15) is 5.11 Å². The molecule has 0 bridgehead atoms. The van der Waals surface area contributed by atoms with E-state index in [1.807, 2.05) is 24.3 Å². The average molecular weight is 202 g/mol. The van der Waals surface area contributed by atoms with Gasteiger partial charge < -0.3 is 9.84 Å². The molecule has 3 rings (SSSR count). The number of aliphatic hydroxyl groups excluding tert-OH is 1. The second-order valence-electron chi connectivity index (χ2n) is 4.37. The molecule has 0 unspecified atom stereocenters. The Balaban J connectivity index is 1.89. The molecule has 0 radical (unpaired) electrons. The van der Waals surface area contributed by atoms with Crippen LogP contribution in [0.25, 0.3) is 0 Å². The molecular weight excluding hydrogens is 188 g/mol. The van der Waals surface area contributed by atoms with Crippen LogP contribution in [0.1, 0.15) is 17.9 Å². The number of aliphatic hydroxyl groups is 1. The SMILES string of the molecule is O[C@H]1OCC=C[C@@]12C[C@@H]2c1ccccc1. The van der Waals surface area contributed by atoms with Crippen molar-refractivity contribution in [3.63, 3.8) is 0 Å². The van der Waals surface area contributed by atoms with Crippen molar-refractivity contribution in [3.8, 4) is 0 Å². The van der Waals surface area contributed by atoms with Crippen molar-refractivity contribution in [1.82, 2.24) is 0 Å². The highest BCUT2D eigenvalue weighted by Gasteiger charge is 2.59. The summed E-state index contributed by atoms with van der Waals surface area (Å²) in [5.74, 6) is 0.422. The van der Waals surface area contributed by atoms with E-state index in [0.717, 1.165) is 6.42 Å². The topological polar surface area (TPSA) is 29.5 Å². The van der Waals surface area contributed by atoms with Crippen LogP contribution in [0.5, 0.6) is 0 Å². The molecule has 1 spiro atoms. The summed E-state index contributed by atoms with van der Waals surface area (Å²) in [4.78, 5) is 0. The van der Waals surface area contributed by atoms with E-state index >= 15 is 0 Å². The molecule has 1 aliphatic carbocycles. The van der Waals surface area contributed by atoms with Gasteiger partial charge in [0.25, 0.3) is 0 Å². The Kier molecular flexibility index (Phi) is 1.94. The number of hydrogen-bond acceptors (Lipinski definition) is 2. The molecular formula is C13H14O2. The van der Waals surface area contributed by atoms with Crippen molar-refractivity contribution < 1.29 is 9.84 Å². The van der Waals surface area contributed by atoms with Crippen LogP contribution < -0.4 is 0 Å². The third-order valence-corrected chi connectivity index (χ3v) is 3.49. The summed E-state index contributed by atoms with van der Waals surface area (Å²) in [7, 11) is 0. The van der Waals surface area contributed by atoms with E-state index in [-0.39, 0.29) is 5.41 Å². The summed E-state index contributed by atoms with van der Waals surface area (Å²) >= 11 is 0. The summed E-state index contributed by atoms with van der Waals surface area (Å²) < 4.78 is 5.28. The van der Waals surface area contributed by atoms with Gasteiger partial charge in [0.1, 0.15) is 0 Å². The summed E-state index contributed by atoms with van der Waals surface area (Å²) in [6.07, 6.45) is 4.50. The molecule has 1 N–H and O–H groups in total. The number of ether oxygens (including phenoxy) is 1. The van der Waals surface area contributed by atoms with Gasteiger partial charge in [-0.1, -0.05) is 42.5 Å². The normalized spacial score (nSPS) is 38.2. The molecule has 78 valence electrons. The Morgan fingerprint density at radius 2 is 2.07 bits per heavy atom. The summed E-state index contributed by atoms with van der Waals surface area (Å²) in [6, 6.07) is 10.3. The molecule has 1 aromatic rings. The predicted octanol–water partition coefficient (Wildman–Crippen LogP) is 2.07. The van der Waals surface area contributed by atoms with Gasteiger partial charge in [-0.3, -0.25) is 0 Å². The van der Waals surface area contributed by atoms with Crippen molar-refractivity contribution >= 4 is 0 Å². The van der Waals surface area contributed by atoms with Crippen LogP contribution in [0.3, 0.4) is 0 Å². The first-order valence-electron chi connectivity index (χ1n) is 5.35. The molecule has 1 aliphatic heterocycles. The maximum absolute atomic E-state index is 9.86. The molecule has 1 heterocycles. The third kappa shape index (κ3) is 1.33. The van der Waals surface area contributed by atoms with Gasteiger partial charge in [-0.2, -0.15) is 0 Å². The fraction of sp³-hybridized carbons (Fsp3) is 0.385. The van der Waals surface area contributed by atoms with E-state index in [0.29, 0.717) is 12.5 Å². The second-order valence-corrected chi connectivity index (χ2v) is 4.37. The zero-order chi connectivity index (χ0) is 10.3. The van der Waals surface area contributed by atoms with Crippen molar-refractivity contribution in [2.75, 3.05) is 6.61 Å². The Hall–Kier alpha value is -1.12. The first kappa shape index (κ1) is 9.13. The van der Waals surface area contributed by atoms with E-state index in [1.165, 1.54) is 5.56 Å². The number of hydrogen-bond donors (Lipinski definition) is 1. The van der Waals surface area contributed by atoms with E-state index < -0.39 is 6.29 Å². The Morgan fingerprint density at radius 1 is 1.27 bits per heavy atom. The molecule has 2 heteroatoms. The van der Waals surface area contributed by atoms with E-state index in [1.54, 1.807) is 0 Å². The first-order valence-corrected chi connectivity index (χ1v) is 5.35. The largest absolute Gasteiger partial charge is 0.367 e. The lowest BCUT2D eigenvalue weighted by molar-refractivity contribution is -0.131. The molecule has 1 fully saturated rings. The lowest BCUT2D eigenvalue weighted by Gasteiger charge is -2.24. The fourth-order valence-corrected chi connectivity index (χ4v) is 2.52. The van der Waals surface area contributed by atoms with Crippen LogP contribution in [-0.4, -0.2) is 18.0 Å². The number of rotatable bonds is 1. The molecule has 15 heavy (non-hydrogen) atoms. The monoisotopic (exact) mass is 202 g/mol. The van der Waals surface area contributed by atoms with Gasteiger partial charge >= 0.3 is 0 Å². The quantitative estimate of drug-likeness (QED) is 0.706. The minimum atomic E-state index is -0.632. The Labute approximate surface area is 89.2 Å². The van der Waals surface area contributed by atoms with Gasteiger partial charge in [-0.25, -0.2) is 0 Å². The Morgan fingerprint density at radius 3 is 2.80 bits per heavy atom. The third-order valence-electron chi connectivity index (χ3n) is 3.49. The summed E-state index contributed by atoms with van der Waals surface area (Å²) in [5.41, 5.74) is 1.16. The molecule has 1 aromatic carbocycles. The lowest BCUT2D eigenvalue weighted by atomic mass is 9.96. The van der Waals surface area contributed by atoms with Crippen LogP contribution in [-0.2, 0) is 4.74 Å². The zero-order valence-corrected chi connectivity index (χ0v) is 8.47. The maximum Gasteiger partial charge on any atom is 0.164 e. The van der Waals surface area contributed by atoms with Gasteiger partial charge in [-0.15, -0.1) is 0 Å². The van der Waals surface area contributed by atoms with Crippen molar-refractivity contribution in [1.29, 1.82) is 0 Å². The lowest BCUT2D eigenvalue weighted by Crippen LogP contribution is -2.28. The average Bonchev–Trinajstić information content (AvgIpc) is 3.00. The fourth-order valence-electron chi connectivity index (χ4n) is 2.52. The van der Waals surface area contributed by atoms with Gasteiger partial charge in [0.05, 0.1) is 6.61 Å². The van der Waals surface area contributed by atoms with E-state index in [2.05, 4.69) is 18.2 Å². The highest BCUT2D eigenvalue weighted by molar-refractivity contribution is 5.35. The maximum atomic E-state index is 9.86. The molecule has 2 nitrogen and oxygen atoms in total. The second kappa shape index (κ2) is 3.19. The van der Waals surface area contributed by atoms with Crippen molar-refractivity contribution in [2.24, 2.45) is 5.41 Å². The van der Waals surface area contributed by atoms with Gasteiger partial charge in [0.2, 0.25) is 0 Å². The number of benzene rings is 1. The minimum absolute atomic E-state index is 0.139. The van der Waals surface area contributed by atoms with Gasteiger partial charge in [-0.05, 0) is 17.9 Å². The van der Waals surface area contributed by atoms with Crippen LogP contribution in [0, 0.1) is 5.41 Å². The predicted molar refractivity (Wildman–Crippen MR) is 57.3 cm³/mol. The highest BCUT2D eigenvalue weighted by atomic mass is 16.6. The molecule has 2 aliphatic rings. The zero-order valence-electron chi connectivity index (χ0n) is 8.47. The first-order chi connectivity index (χ1) is 7.33.